The van der Waals surface area contributed by atoms with Crippen LogP contribution in [0.15, 0.2) is 24.3 Å². The van der Waals surface area contributed by atoms with Crippen LogP contribution in [0.3, 0.4) is 0 Å². The van der Waals surface area contributed by atoms with Crippen molar-refractivity contribution in [3.8, 4) is 0 Å². The molecule has 5 nitrogen and oxygen atoms in total. The molecule has 1 fully saturated rings. The van der Waals surface area contributed by atoms with Crippen LogP contribution in [0.1, 0.15) is 41.2 Å². The fourth-order valence-corrected chi connectivity index (χ4v) is 3.65. The molecule has 25 heavy (non-hydrogen) atoms. The van der Waals surface area contributed by atoms with Gasteiger partial charge in [0.05, 0.1) is 30.0 Å². The lowest BCUT2D eigenvalue weighted by Gasteiger charge is -2.35. The Kier molecular flexibility index (Phi) is 5.16. The molecule has 2 heterocycles. The largest absolute Gasteiger partial charge is 0.372 e. The highest BCUT2D eigenvalue weighted by molar-refractivity contribution is 6.31. The molecule has 0 aliphatic carbocycles. The molecule has 0 bridgehead atoms. The number of carbonyl (C=O) groups is 1. The van der Waals surface area contributed by atoms with E-state index >= 15 is 0 Å². The Morgan fingerprint density at radius 1 is 1.24 bits per heavy atom. The minimum absolute atomic E-state index is 0.0300. The van der Waals surface area contributed by atoms with E-state index in [-0.39, 0.29) is 18.1 Å². The normalized spacial score (nSPS) is 20.8. The van der Waals surface area contributed by atoms with E-state index in [1.54, 1.807) is 0 Å². The summed E-state index contributed by atoms with van der Waals surface area (Å²) in [5, 5.41) is 5.29. The third kappa shape index (κ3) is 3.72. The topological polar surface area (TPSA) is 47.4 Å². The first-order valence-corrected chi connectivity index (χ1v) is 8.96. The molecule has 0 saturated carbocycles. The smallest absolute Gasteiger partial charge is 0.257 e. The lowest BCUT2D eigenvalue weighted by molar-refractivity contribution is -0.0586. The average Bonchev–Trinajstić information content (AvgIpc) is 2.82. The molecule has 0 spiro atoms. The number of rotatable bonds is 3. The fourth-order valence-electron chi connectivity index (χ4n) is 3.45. The van der Waals surface area contributed by atoms with Crippen molar-refractivity contribution in [2.75, 3.05) is 13.1 Å². The lowest BCUT2D eigenvalue weighted by atomic mass is 10.1. The molecule has 0 radical (unpaired) electrons. The first kappa shape index (κ1) is 18.0. The first-order valence-electron chi connectivity index (χ1n) is 8.59. The van der Waals surface area contributed by atoms with Crippen LogP contribution in [0.25, 0.3) is 0 Å². The van der Waals surface area contributed by atoms with Crippen molar-refractivity contribution >= 4 is 17.5 Å². The molecule has 0 unspecified atom stereocenters. The quantitative estimate of drug-likeness (QED) is 0.841. The van der Waals surface area contributed by atoms with E-state index in [9.17, 15) is 4.79 Å². The second kappa shape index (κ2) is 7.18. The maximum Gasteiger partial charge on any atom is 0.257 e. The Morgan fingerprint density at radius 3 is 2.52 bits per heavy atom. The number of morpholine rings is 1. The summed E-state index contributed by atoms with van der Waals surface area (Å²) >= 11 is 6.26. The van der Waals surface area contributed by atoms with Crippen LogP contribution < -0.4 is 0 Å². The monoisotopic (exact) mass is 361 g/mol. The Hall–Kier alpha value is -1.85. The third-order valence-corrected chi connectivity index (χ3v) is 4.95. The number of carbonyl (C=O) groups excluding carboxylic acids is 1. The van der Waals surface area contributed by atoms with E-state index in [1.165, 1.54) is 0 Å². The SMILES string of the molecule is Cc1nn(Cc2ccccc2Cl)c(C)c1C(=O)N1C[C@@H](C)O[C@H](C)C1. The Bertz CT molecular complexity index is 777. The van der Waals surface area contributed by atoms with Crippen molar-refractivity contribution in [2.45, 2.75) is 46.4 Å². The maximum absolute atomic E-state index is 13.1. The number of halogens is 1. The van der Waals surface area contributed by atoms with Gasteiger partial charge in [-0.15, -0.1) is 0 Å². The molecule has 1 aliphatic heterocycles. The molecular formula is C19H24ClN3O2. The maximum atomic E-state index is 13.1. The van der Waals surface area contributed by atoms with E-state index in [0.717, 1.165) is 17.0 Å². The van der Waals surface area contributed by atoms with Gasteiger partial charge in [0.1, 0.15) is 0 Å². The number of ether oxygens (including phenoxy) is 1. The van der Waals surface area contributed by atoms with E-state index < -0.39 is 0 Å². The molecule has 2 atom stereocenters. The molecule has 1 aromatic carbocycles. The lowest BCUT2D eigenvalue weighted by Crippen LogP contribution is -2.48. The van der Waals surface area contributed by atoms with Crippen LogP contribution in [-0.2, 0) is 11.3 Å². The minimum Gasteiger partial charge on any atom is -0.372 e. The van der Waals surface area contributed by atoms with Crippen LogP contribution in [0.5, 0.6) is 0 Å². The summed E-state index contributed by atoms with van der Waals surface area (Å²) in [7, 11) is 0. The molecule has 3 rings (SSSR count). The van der Waals surface area contributed by atoms with Crippen LogP contribution in [0, 0.1) is 13.8 Å². The number of aromatic nitrogens is 2. The molecule has 1 saturated heterocycles. The average molecular weight is 362 g/mol. The molecular weight excluding hydrogens is 338 g/mol. The van der Waals surface area contributed by atoms with Gasteiger partial charge >= 0.3 is 0 Å². The van der Waals surface area contributed by atoms with Gasteiger partial charge in [-0.05, 0) is 39.3 Å². The van der Waals surface area contributed by atoms with E-state index in [1.807, 2.05) is 61.5 Å². The van der Waals surface area contributed by atoms with Crippen LogP contribution in [-0.4, -0.2) is 45.9 Å². The fraction of sp³-hybridized carbons (Fsp3) is 0.474. The van der Waals surface area contributed by atoms with E-state index in [0.29, 0.717) is 30.2 Å². The molecule has 6 heteroatoms. The van der Waals surface area contributed by atoms with Crippen LogP contribution in [0.4, 0.5) is 0 Å². The summed E-state index contributed by atoms with van der Waals surface area (Å²) in [6, 6.07) is 7.70. The van der Waals surface area contributed by atoms with Gasteiger partial charge in [-0.1, -0.05) is 29.8 Å². The molecule has 2 aromatic rings. The summed E-state index contributed by atoms with van der Waals surface area (Å²) in [6.45, 7) is 9.59. The predicted molar refractivity (Wildman–Crippen MR) is 98.2 cm³/mol. The number of hydrogen-bond donors (Lipinski definition) is 0. The zero-order valence-electron chi connectivity index (χ0n) is 15.1. The molecule has 1 aliphatic rings. The standard InChI is InChI=1S/C19H24ClN3O2/c1-12-9-22(10-13(2)25-12)19(24)18-14(3)21-23(15(18)4)11-16-7-5-6-8-17(16)20/h5-8,12-13H,9-11H2,1-4H3/t12-,13-/m1/s1. The van der Waals surface area contributed by atoms with Gasteiger partial charge in [0.25, 0.3) is 5.91 Å². The number of nitrogens with zero attached hydrogens (tertiary/aromatic N) is 3. The second-order valence-electron chi connectivity index (χ2n) is 6.76. The predicted octanol–water partition coefficient (Wildman–Crippen LogP) is 3.45. The van der Waals surface area contributed by atoms with E-state index in [2.05, 4.69) is 5.10 Å². The summed E-state index contributed by atoms with van der Waals surface area (Å²) in [6.07, 6.45) is 0.0953. The van der Waals surface area contributed by atoms with Crippen molar-refractivity contribution in [1.82, 2.24) is 14.7 Å². The molecule has 134 valence electrons. The number of amides is 1. The number of hydrogen-bond acceptors (Lipinski definition) is 3. The number of aryl methyl sites for hydroxylation is 1. The summed E-state index contributed by atoms with van der Waals surface area (Å²) in [4.78, 5) is 14.9. The van der Waals surface area contributed by atoms with Gasteiger partial charge in [0.15, 0.2) is 0 Å². The summed E-state index contributed by atoms with van der Waals surface area (Å²) in [5.74, 6) is 0.0300. The van der Waals surface area contributed by atoms with Crippen molar-refractivity contribution in [3.05, 3.63) is 51.8 Å². The highest BCUT2D eigenvalue weighted by atomic mass is 35.5. The number of benzene rings is 1. The van der Waals surface area contributed by atoms with Gasteiger partial charge in [0.2, 0.25) is 0 Å². The summed E-state index contributed by atoms with van der Waals surface area (Å²) in [5.41, 5.74) is 3.30. The minimum atomic E-state index is 0.0300. The molecule has 1 aromatic heterocycles. The van der Waals surface area contributed by atoms with Crippen LogP contribution in [0.2, 0.25) is 5.02 Å². The Labute approximate surface area is 153 Å². The van der Waals surface area contributed by atoms with E-state index in [4.69, 9.17) is 16.3 Å². The highest BCUT2D eigenvalue weighted by Crippen LogP contribution is 2.22. The Morgan fingerprint density at radius 2 is 1.88 bits per heavy atom. The van der Waals surface area contributed by atoms with Gasteiger partial charge in [-0.3, -0.25) is 9.48 Å². The third-order valence-electron chi connectivity index (χ3n) is 4.58. The van der Waals surface area contributed by atoms with Gasteiger partial charge in [-0.25, -0.2) is 0 Å². The molecule has 0 N–H and O–H groups in total. The van der Waals surface area contributed by atoms with Crippen molar-refractivity contribution in [2.24, 2.45) is 0 Å². The van der Waals surface area contributed by atoms with Crippen molar-refractivity contribution in [1.29, 1.82) is 0 Å². The highest BCUT2D eigenvalue weighted by Gasteiger charge is 2.30. The zero-order chi connectivity index (χ0) is 18.1. The second-order valence-corrected chi connectivity index (χ2v) is 7.17. The van der Waals surface area contributed by atoms with Gasteiger partial charge < -0.3 is 9.64 Å². The van der Waals surface area contributed by atoms with Gasteiger partial charge in [0, 0.05) is 23.8 Å². The van der Waals surface area contributed by atoms with Crippen LogP contribution >= 0.6 is 11.6 Å². The van der Waals surface area contributed by atoms with Crippen molar-refractivity contribution < 1.29 is 9.53 Å². The Balaban J connectivity index is 1.87. The van der Waals surface area contributed by atoms with Crippen molar-refractivity contribution in [3.63, 3.8) is 0 Å². The first-order chi connectivity index (χ1) is 11.9. The summed E-state index contributed by atoms with van der Waals surface area (Å²) < 4.78 is 7.59. The molecule has 1 amide bonds. The zero-order valence-corrected chi connectivity index (χ0v) is 15.9. The van der Waals surface area contributed by atoms with Gasteiger partial charge in [-0.2, -0.15) is 5.10 Å².